The van der Waals surface area contributed by atoms with Crippen LogP contribution in [0.5, 0.6) is 0 Å². The van der Waals surface area contributed by atoms with E-state index in [1.807, 2.05) is 24.3 Å². The van der Waals surface area contributed by atoms with E-state index in [9.17, 15) is 10.1 Å². The zero-order chi connectivity index (χ0) is 18.1. The minimum atomic E-state index is -0.608. The quantitative estimate of drug-likeness (QED) is 0.682. The molecule has 26 heavy (non-hydrogen) atoms. The summed E-state index contributed by atoms with van der Waals surface area (Å²) in [5.74, 6) is 2.12. The first kappa shape index (κ1) is 16.4. The summed E-state index contributed by atoms with van der Waals surface area (Å²) in [7, 11) is 0. The average molecular weight is 361 g/mol. The van der Waals surface area contributed by atoms with E-state index in [4.69, 9.17) is 11.6 Å². The molecule has 7 heteroatoms. The lowest BCUT2D eigenvalue weighted by molar-refractivity contribution is 0.107. The van der Waals surface area contributed by atoms with Gasteiger partial charge in [-0.05, 0) is 43.1 Å². The minimum absolute atomic E-state index is 0.144. The summed E-state index contributed by atoms with van der Waals surface area (Å²) in [6.45, 7) is -0.608. The number of nitrogens with zero attached hydrogens (tertiary/aromatic N) is 2. The van der Waals surface area contributed by atoms with E-state index in [-0.39, 0.29) is 5.68 Å². The summed E-state index contributed by atoms with van der Waals surface area (Å²) in [4.78, 5) is 20.3. The number of rotatable bonds is 3. The van der Waals surface area contributed by atoms with Crippen molar-refractivity contribution < 1.29 is 4.79 Å². The number of anilines is 2. The Morgan fingerprint density at radius 2 is 2.08 bits per heavy atom. The molecule has 1 aromatic carbocycles. The Kier molecular flexibility index (Phi) is 4.23. The molecule has 0 radical (unpaired) electrons. The highest BCUT2D eigenvalue weighted by Gasteiger charge is 2.36. The first-order valence-corrected chi connectivity index (χ1v) is 8.67. The topological polar surface area (TPSA) is 81.6 Å². The number of pyridine rings is 1. The standard InChI is InChI=1S/C19H14BClN4O/c21-13-2-1-3-14(10-13)24-18-16-15(4-7-20(11-22)19(16)26)25-17(18)12-5-8-23-9-6-12/h1-3,5-6,8-10,24-25H,4,7H2. The van der Waals surface area contributed by atoms with E-state index in [0.717, 1.165) is 22.6 Å². The number of aromatic amines is 1. The monoisotopic (exact) mass is 360 g/mol. The number of aryl methyl sites for hydroxylation is 1. The molecular formula is C19H14BClN4O. The Bertz CT molecular complexity index is 1030. The molecule has 0 unspecified atom stereocenters. The van der Waals surface area contributed by atoms with E-state index >= 15 is 0 Å². The molecule has 1 aliphatic heterocycles. The van der Waals surface area contributed by atoms with E-state index in [1.54, 1.807) is 24.5 Å². The van der Waals surface area contributed by atoms with Gasteiger partial charge in [-0.1, -0.05) is 17.7 Å². The molecule has 4 rings (SSSR count). The summed E-state index contributed by atoms with van der Waals surface area (Å²) < 4.78 is 0. The van der Waals surface area contributed by atoms with Crippen molar-refractivity contribution in [3.63, 3.8) is 0 Å². The molecule has 0 saturated heterocycles. The van der Waals surface area contributed by atoms with Gasteiger partial charge in [0.05, 0.1) is 16.9 Å². The van der Waals surface area contributed by atoms with Gasteiger partial charge in [0.25, 0.3) is 0 Å². The van der Waals surface area contributed by atoms with Crippen molar-refractivity contribution in [3.05, 3.63) is 65.1 Å². The highest BCUT2D eigenvalue weighted by Crippen LogP contribution is 2.38. The molecule has 0 atom stereocenters. The Balaban J connectivity index is 1.88. The summed E-state index contributed by atoms with van der Waals surface area (Å²) in [5.41, 5.74) is 4.46. The van der Waals surface area contributed by atoms with Crippen LogP contribution in [0.1, 0.15) is 16.1 Å². The van der Waals surface area contributed by atoms with Crippen LogP contribution in [-0.2, 0) is 6.42 Å². The highest BCUT2D eigenvalue weighted by atomic mass is 35.5. The number of aromatic nitrogens is 2. The number of hydrogen-bond donors (Lipinski definition) is 2. The zero-order valence-corrected chi connectivity index (χ0v) is 14.5. The molecule has 5 nitrogen and oxygen atoms in total. The Labute approximate surface area is 156 Å². The molecule has 0 saturated carbocycles. The van der Waals surface area contributed by atoms with Crippen LogP contribution in [0.4, 0.5) is 11.4 Å². The lowest BCUT2D eigenvalue weighted by Gasteiger charge is -2.15. The van der Waals surface area contributed by atoms with Gasteiger partial charge in [0, 0.05) is 40.3 Å². The lowest BCUT2D eigenvalue weighted by Crippen LogP contribution is -2.30. The third-order valence-electron chi connectivity index (χ3n) is 4.54. The summed E-state index contributed by atoms with van der Waals surface area (Å²) >= 11 is 6.09. The fourth-order valence-electron chi connectivity index (χ4n) is 3.30. The Hall–Kier alpha value is -3.04. The maximum atomic E-state index is 12.8. The van der Waals surface area contributed by atoms with Crippen LogP contribution < -0.4 is 5.32 Å². The number of nitriles is 1. The average Bonchev–Trinajstić information content (AvgIpc) is 3.02. The van der Waals surface area contributed by atoms with Crippen molar-refractivity contribution in [1.29, 1.82) is 5.26 Å². The van der Waals surface area contributed by atoms with Gasteiger partial charge < -0.3 is 15.1 Å². The largest absolute Gasteiger partial charge is 0.356 e. The molecule has 3 heterocycles. The second kappa shape index (κ2) is 6.70. The third-order valence-corrected chi connectivity index (χ3v) is 4.78. The third kappa shape index (κ3) is 2.87. The van der Waals surface area contributed by atoms with Gasteiger partial charge >= 0.3 is 6.71 Å². The number of nitrogens with one attached hydrogen (secondary N) is 2. The van der Waals surface area contributed by atoms with Gasteiger partial charge in [-0.3, -0.25) is 4.98 Å². The second-order valence-corrected chi connectivity index (χ2v) is 6.62. The maximum absolute atomic E-state index is 12.8. The molecule has 0 fully saturated rings. The minimum Gasteiger partial charge on any atom is -0.356 e. The molecule has 126 valence electrons. The van der Waals surface area contributed by atoms with E-state index < -0.39 is 6.71 Å². The number of fused-ring (bicyclic) bond motifs is 1. The van der Waals surface area contributed by atoms with E-state index in [1.165, 1.54) is 0 Å². The number of H-pyrrole nitrogens is 1. The van der Waals surface area contributed by atoms with Gasteiger partial charge in [0.15, 0.2) is 0 Å². The predicted octanol–water partition coefficient (Wildman–Crippen LogP) is 4.31. The van der Waals surface area contributed by atoms with E-state index in [0.29, 0.717) is 29.0 Å². The fourth-order valence-corrected chi connectivity index (χ4v) is 3.49. The number of carbonyl (C=O) groups excluding carboxylic acids is 1. The van der Waals surface area contributed by atoms with Crippen molar-refractivity contribution in [2.24, 2.45) is 0 Å². The maximum Gasteiger partial charge on any atom is 0.351 e. The highest BCUT2D eigenvalue weighted by molar-refractivity contribution is 6.98. The molecule has 1 aliphatic rings. The van der Waals surface area contributed by atoms with Crippen LogP contribution >= 0.6 is 11.6 Å². The summed E-state index contributed by atoms with van der Waals surface area (Å²) in [6.07, 6.45) is 4.61. The SMILES string of the molecule is N#CB1CCc2[nH]c(-c3ccncc3)c(Nc3cccc(Cl)c3)c2C1=O. The van der Waals surface area contributed by atoms with Crippen LogP contribution in [0.15, 0.2) is 48.8 Å². The summed E-state index contributed by atoms with van der Waals surface area (Å²) in [6, 6.07) is 11.1. The molecule has 0 spiro atoms. The first-order valence-electron chi connectivity index (χ1n) is 8.29. The molecule has 3 aromatic rings. The molecule has 2 aromatic heterocycles. The number of carbonyl (C=O) groups is 1. The van der Waals surface area contributed by atoms with Gasteiger partial charge in [0.2, 0.25) is 0 Å². The van der Waals surface area contributed by atoms with Gasteiger partial charge in [0.1, 0.15) is 5.68 Å². The molecule has 0 aliphatic carbocycles. The Morgan fingerprint density at radius 3 is 2.81 bits per heavy atom. The number of halogens is 1. The molecule has 0 amide bonds. The van der Waals surface area contributed by atoms with Crippen molar-refractivity contribution in [3.8, 4) is 17.2 Å². The van der Waals surface area contributed by atoms with Gasteiger partial charge in [-0.25, -0.2) is 5.26 Å². The van der Waals surface area contributed by atoms with Crippen LogP contribution in [-0.4, -0.2) is 22.4 Å². The molecule has 2 N–H and O–H groups in total. The van der Waals surface area contributed by atoms with Crippen LogP contribution in [0.2, 0.25) is 11.3 Å². The van der Waals surface area contributed by atoms with Crippen LogP contribution in [0.25, 0.3) is 11.3 Å². The number of benzene rings is 1. The lowest BCUT2D eigenvalue weighted by atomic mass is 9.41. The van der Waals surface area contributed by atoms with Gasteiger partial charge in [-0.15, -0.1) is 0 Å². The fraction of sp³-hybridized carbons (Fsp3) is 0.105. The number of hydrogen-bond acceptors (Lipinski definition) is 4. The molecular weight excluding hydrogens is 347 g/mol. The van der Waals surface area contributed by atoms with Crippen LogP contribution in [0.3, 0.4) is 0 Å². The van der Waals surface area contributed by atoms with Crippen molar-refractivity contribution >= 4 is 35.4 Å². The zero-order valence-electron chi connectivity index (χ0n) is 13.8. The molecule has 0 bridgehead atoms. The van der Waals surface area contributed by atoms with Crippen molar-refractivity contribution in [2.45, 2.75) is 12.7 Å². The first-order chi connectivity index (χ1) is 12.7. The van der Waals surface area contributed by atoms with Crippen molar-refractivity contribution in [2.75, 3.05) is 5.32 Å². The summed E-state index contributed by atoms with van der Waals surface area (Å²) in [5, 5.41) is 13.2. The van der Waals surface area contributed by atoms with Gasteiger partial charge in [-0.2, -0.15) is 0 Å². The smallest absolute Gasteiger partial charge is 0.351 e. The normalized spacial score (nSPS) is 13.2. The van der Waals surface area contributed by atoms with E-state index in [2.05, 4.69) is 21.3 Å². The second-order valence-electron chi connectivity index (χ2n) is 6.18. The van der Waals surface area contributed by atoms with Crippen LogP contribution in [0, 0.1) is 11.2 Å². The predicted molar refractivity (Wildman–Crippen MR) is 103 cm³/mol. The Morgan fingerprint density at radius 1 is 1.27 bits per heavy atom. The van der Waals surface area contributed by atoms with Crippen molar-refractivity contribution in [1.82, 2.24) is 9.97 Å².